The highest BCUT2D eigenvalue weighted by molar-refractivity contribution is 6.04. The van der Waals surface area contributed by atoms with E-state index in [1.54, 1.807) is 33.3 Å². The molecule has 0 fully saturated rings. The molecule has 2 aromatic rings. The van der Waals surface area contributed by atoms with Crippen molar-refractivity contribution >= 4 is 17.4 Å². The number of hydrogen-bond acceptors (Lipinski definition) is 8. The number of nitrogens with one attached hydrogen (secondary N) is 1. The minimum atomic E-state index is -0.692. The van der Waals surface area contributed by atoms with E-state index < -0.39 is 16.8 Å². The van der Waals surface area contributed by atoms with E-state index >= 15 is 0 Å². The maximum Gasteiger partial charge on any atom is 0.337 e. The van der Waals surface area contributed by atoms with Gasteiger partial charge in [-0.2, -0.15) is 0 Å². The highest BCUT2D eigenvalue weighted by Crippen LogP contribution is 2.46. The lowest BCUT2D eigenvalue weighted by Gasteiger charge is -2.37. The summed E-state index contributed by atoms with van der Waals surface area (Å²) >= 11 is 0. The van der Waals surface area contributed by atoms with Crippen molar-refractivity contribution in [3.8, 4) is 11.5 Å². The highest BCUT2D eigenvalue weighted by atomic mass is 16.6. The van der Waals surface area contributed by atoms with Crippen LogP contribution >= 0.6 is 0 Å². The van der Waals surface area contributed by atoms with Crippen LogP contribution in [0.25, 0.3) is 0 Å². The fourth-order valence-corrected chi connectivity index (χ4v) is 5.10. The van der Waals surface area contributed by atoms with Crippen LogP contribution in [-0.4, -0.2) is 37.0 Å². The van der Waals surface area contributed by atoms with Gasteiger partial charge in [0.2, 0.25) is 0 Å². The number of nitro groups is 1. The molecule has 9 nitrogen and oxygen atoms in total. The van der Waals surface area contributed by atoms with Crippen molar-refractivity contribution in [3.63, 3.8) is 0 Å². The van der Waals surface area contributed by atoms with Crippen molar-refractivity contribution in [2.45, 2.75) is 58.0 Å². The summed E-state index contributed by atoms with van der Waals surface area (Å²) in [7, 11) is 3.14. The number of non-ortho nitro benzene ring substituents is 1. The van der Waals surface area contributed by atoms with Crippen LogP contribution < -0.4 is 14.8 Å². The number of nitrogens with zero attached hydrogens (tertiary/aromatic N) is 1. The highest BCUT2D eigenvalue weighted by Gasteiger charge is 2.42. The Hall–Kier alpha value is -4.14. The summed E-state index contributed by atoms with van der Waals surface area (Å²) in [5, 5.41) is 14.6. The summed E-state index contributed by atoms with van der Waals surface area (Å²) in [4.78, 5) is 37.9. The molecule has 0 aromatic heterocycles. The number of Topliss-reactive ketones (excluding diaryl/α,β-unsaturated/α-hetero) is 1. The predicted octanol–water partition coefficient (Wildman–Crippen LogP) is 5.32. The number of rotatable bonds is 8. The van der Waals surface area contributed by atoms with Crippen molar-refractivity contribution in [3.05, 3.63) is 86.2 Å². The Kier molecular flexibility index (Phi) is 7.85. The minimum Gasteiger partial charge on any atom is -0.493 e. The van der Waals surface area contributed by atoms with Crippen molar-refractivity contribution in [2.75, 3.05) is 14.2 Å². The second-order valence-electron chi connectivity index (χ2n) is 9.60. The average Bonchev–Trinajstić information content (AvgIpc) is 2.91. The molecule has 2 aromatic carbocycles. The Balaban J connectivity index is 1.77. The molecular weight excluding hydrogens is 488 g/mol. The molecule has 1 N–H and O–H groups in total. The molecule has 1 aliphatic carbocycles. The van der Waals surface area contributed by atoms with E-state index in [0.717, 1.165) is 11.3 Å². The number of hydrogen-bond donors (Lipinski definition) is 1. The molecule has 0 saturated carbocycles. The van der Waals surface area contributed by atoms with Crippen LogP contribution in [0.2, 0.25) is 0 Å². The zero-order valence-electron chi connectivity index (χ0n) is 22.2. The zero-order valence-corrected chi connectivity index (χ0v) is 22.2. The second-order valence-corrected chi connectivity index (χ2v) is 9.60. The summed E-state index contributed by atoms with van der Waals surface area (Å²) < 4.78 is 16.5. The number of ketones is 1. The number of carbonyl (C=O) groups is 2. The molecule has 9 heteroatoms. The first-order valence-corrected chi connectivity index (χ1v) is 12.6. The van der Waals surface area contributed by atoms with Crippen LogP contribution in [0.15, 0.2) is 65.0 Å². The van der Waals surface area contributed by atoms with Gasteiger partial charge in [-0.1, -0.05) is 25.1 Å². The largest absolute Gasteiger partial charge is 0.493 e. The van der Waals surface area contributed by atoms with Gasteiger partial charge < -0.3 is 19.5 Å². The number of dihydropyridines is 1. The van der Waals surface area contributed by atoms with Crippen LogP contribution in [0.3, 0.4) is 0 Å². The fraction of sp³-hybridized carbons (Fsp3) is 0.379. The molecule has 0 radical (unpaired) electrons. The van der Waals surface area contributed by atoms with Gasteiger partial charge in [-0.05, 0) is 55.9 Å². The summed E-state index contributed by atoms with van der Waals surface area (Å²) in [5.41, 5.74) is 3.68. The number of methoxy groups -OCH3 is 2. The molecule has 0 saturated heterocycles. The van der Waals surface area contributed by atoms with Crippen molar-refractivity contribution in [2.24, 2.45) is 0 Å². The molecule has 3 atom stereocenters. The van der Waals surface area contributed by atoms with Gasteiger partial charge in [-0.25, -0.2) is 4.79 Å². The molecule has 38 heavy (non-hydrogen) atoms. The maximum absolute atomic E-state index is 13.8. The fourth-order valence-electron chi connectivity index (χ4n) is 5.10. The van der Waals surface area contributed by atoms with Gasteiger partial charge >= 0.3 is 5.97 Å². The number of carbonyl (C=O) groups excluding carboxylic acids is 2. The minimum absolute atomic E-state index is 0.0650. The Bertz CT molecular complexity index is 1330. The normalized spacial score (nSPS) is 19.9. The Labute approximate surface area is 221 Å². The molecule has 200 valence electrons. The molecule has 0 amide bonds. The number of benzene rings is 2. The third-order valence-corrected chi connectivity index (χ3v) is 7.25. The van der Waals surface area contributed by atoms with E-state index in [1.165, 1.54) is 12.1 Å². The maximum atomic E-state index is 13.8. The standard InChI is InChI=1S/C29H32N2O7/c1-6-16(2)38-29(33)26-17(3)30-22-13-20(19-9-12-24(36-4)25(15-19)37-5)14-23(32)28(22)27(26)18-7-10-21(11-8-18)31(34)35/h7-12,15-16,20,27,30H,6,13-14H2,1-5H3/t16-,20-,27+/m0/s1. The lowest BCUT2D eigenvalue weighted by atomic mass is 9.71. The molecule has 0 spiro atoms. The topological polar surface area (TPSA) is 117 Å². The summed E-state index contributed by atoms with van der Waals surface area (Å²) in [5.74, 6) is -0.202. The number of nitro benzene ring substituents is 1. The molecule has 1 heterocycles. The van der Waals surface area contributed by atoms with Gasteiger partial charge in [0.05, 0.1) is 30.8 Å². The van der Waals surface area contributed by atoms with E-state index in [9.17, 15) is 19.7 Å². The third kappa shape index (κ3) is 5.14. The van der Waals surface area contributed by atoms with Gasteiger partial charge in [-0.15, -0.1) is 0 Å². The first-order valence-electron chi connectivity index (χ1n) is 12.6. The average molecular weight is 521 g/mol. The zero-order chi connectivity index (χ0) is 27.6. The van der Waals surface area contributed by atoms with Crippen molar-refractivity contribution in [1.29, 1.82) is 0 Å². The van der Waals surface area contributed by atoms with E-state index in [4.69, 9.17) is 14.2 Å². The smallest absolute Gasteiger partial charge is 0.337 e. The van der Waals surface area contributed by atoms with E-state index in [1.807, 2.05) is 32.0 Å². The van der Waals surface area contributed by atoms with Crippen LogP contribution in [-0.2, 0) is 14.3 Å². The van der Waals surface area contributed by atoms with Gasteiger partial charge in [0, 0.05) is 41.4 Å². The van der Waals surface area contributed by atoms with Crippen LogP contribution in [0.4, 0.5) is 5.69 Å². The molecule has 0 unspecified atom stereocenters. The predicted molar refractivity (Wildman–Crippen MR) is 141 cm³/mol. The molecular formula is C29H32N2O7. The first kappa shape index (κ1) is 26.9. The first-order chi connectivity index (χ1) is 18.2. The summed E-state index contributed by atoms with van der Waals surface area (Å²) in [6, 6.07) is 11.6. The second kappa shape index (κ2) is 11.1. The lowest BCUT2D eigenvalue weighted by Crippen LogP contribution is -2.36. The molecule has 2 aliphatic rings. The number of ether oxygens (including phenoxy) is 3. The van der Waals surface area contributed by atoms with Crippen molar-refractivity contribution in [1.82, 2.24) is 5.32 Å². The van der Waals surface area contributed by atoms with E-state index in [-0.39, 0.29) is 29.9 Å². The van der Waals surface area contributed by atoms with Crippen molar-refractivity contribution < 1.29 is 28.7 Å². The van der Waals surface area contributed by atoms with Gasteiger partial charge in [0.15, 0.2) is 17.3 Å². The van der Waals surface area contributed by atoms with Crippen LogP contribution in [0.1, 0.15) is 63.0 Å². The van der Waals surface area contributed by atoms with E-state index in [0.29, 0.717) is 46.7 Å². The quantitative estimate of drug-likeness (QED) is 0.283. The van der Waals surface area contributed by atoms with Crippen LogP contribution in [0.5, 0.6) is 11.5 Å². The monoisotopic (exact) mass is 520 g/mol. The summed E-state index contributed by atoms with van der Waals surface area (Å²) in [6.07, 6.45) is 1.14. The van der Waals surface area contributed by atoms with Gasteiger partial charge in [0.25, 0.3) is 5.69 Å². The number of allylic oxidation sites excluding steroid dienone is 3. The lowest BCUT2D eigenvalue weighted by molar-refractivity contribution is -0.384. The Morgan fingerprint density at radius 3 is 2.34 bits per heavy atom. The molecule has 0 bridgehead atoms. The number of esters is 1. The Morgan fingerprint density at radius 1 is 1.08 bits per heavy atom. The molecule has 1 aliphatic heterocycles. The Morgan fingerprint density at radius 2 is 1.74 bits per heavy atom. The van der Waals surface area contributed by atoms with Gasteiger partial charge in [0.1, 0.15) is 0 Å². The van der Waals surface area contributed by atoms with Gasteiger partial charge in [-0.3, -0.25) is 14.9 Å². The molecule has 4 rings (SSSR count). The summed E-state index contributed by atoms with van der Waals surface area (Å²) in [6.45, 7) is 5.53. The third-order valence-electron chi connectivity index (χ3n) is 7.25. The SMILES string of the molecule is CC[C@H](C)OC(=O)C1=C(C)NC2=C(C(=O)C[C@@H](c3ccc(OC)c(OC)c3)C2)[C@@H]1c1ccc([N+](=O)[O-])cc1. The van der Waals surface area contributed by atoms with E-state index in [2.05, 4.69) is 5.32 Å². The van der Waals surface area contributed by atoms with Crippen LogP contribution in [0, 0.1) is 10.1 Å².